The van der Waals surface area contributed by atoms with Gasteiger partial charge in [0.2, 0.25) is 0 Å². The molecule has 0 aromatic carbocycles. The highest BCUT2D eigenvalue weighted by atomic mass is 16.5. The van der Waals surface area contributed by atoms with Crippen LogP contribution in [-0.4, -0.2) is 109 Å². The van der Waals surface area contributed by atoms with Crippen LogP contribution in [0.1, 0.15) is 149 Å². The van der Waals surface area contributed by atoms with E-state index in [0.717, 1.165) is 41.4 Å². The second-order valence-corrected chi connectivity index (χ2v) is 18.8. The smallest absolute Gasteiger partial charge is 0.0768 e. The molecule has 4 aliphatic heterocycles. The van der Waals surface area contributed by atoms with Crippen LogP contribution in [0.5, 0.6) is 0 Å². The van der Waals surface area contributed by atoms with Gasteiger partial charge in [-0.1, -0.05) is 111 Å². The Kier molecular flexibility index (Phi) is 13.1. The minimum absolute atomic E-state index is 0.219. The molecule has 3 saturated carbocycles. The molecule has 7 aliphatic rings. The Bertz CT molecular complexity index is 991. The molecule has 5 heteroatoms. The van der Waals surface area contributed by atoms with Crippen molar-refractivity contribution in [2.24, 2.45) is 41.4 Å². The van der Waals surface area contributed by atoms with E-state index in [2.05, 4.69) is 40.4 Å². The summed E-state index contributed by atoms with van der Waals surface area (Å²) in [5.74, 6) is 6.58. The van der Waals surface area contributed by atoms with E-state index in [1.165, 1.54) is 201 Å². The SMILES string of the molecule is CCCCCCCCCCN1CCN(CCC23CC4C5C(C)C6CC5C(C62)C4(CCN2CCN(CCCCCCCCCC)CC2)O3)CC1. The first-order valence-electron chi connectivity index (χ1n) is 22.7. The Labute approximate surface area is 304 Å². The first-order chi connectivity index (χ1) is 24.1. The molecule has 7 fully saturated rings. The van der Waals surface area contributed by atoms with E-state index in [-0.39, 0.29) is 11.2 Å². The van der Waals surface area contributed by atoms with Crippen LogP contribution in [0, 0.1) is 41.4 Å². The van der Waals surface area contributed by atoms with Crippen LogP contribution in [0.25, 0.3) is 0 Å². The largest absolute Gasteiger partial charge is 0.368 e. The quantitative estimate of drug-likeness (QED) is 0.0947. The van der Waals surface area contributed by atoms with Crippen LogP contribution in [0.4, 0.5) is 0 Å². The van der Waals surface area contributed by atoms with Crippen LogP contribution in [0.2, 0.25) is 0 Å². The minimum atomic E-state index is 0.219. The van der Waals surface area contributed by atoms with Crippen molar-refractivity contribution in [1.82, 2.24) is 19.6 Å². The van der Waals surface area contributed by atoms with Crippen molar-refractivity contribution in [3.05, 3.63) is 0 Å². The van der Waals surface area contributed by atoms with E-state index >= 15 is 0 Å². The van der Waals surface area contributed by atoms with Crippen molar-refractivity contribution in [2.75, 3.05) is 78.5 Å². The van der Waals surface area contributed by atoms with Gasteiger partial charge in [0.1, 0.15) is 0 Å². The van der Waals surface area contributed by atoms with Gasteiger partial charge in [-0.25, -0.2) is 0 Å². The molecular formula is C44H80N4O. The van der Waals surface area contributed by atoms with Crippen LogP contribution < -0.4 is 0 Å². The van der Waals surface area contributed by atoms with E-state index < -0.39 is 0 Å². The number of piperazine rings is 2. The molecule has 0 aromatic heterocycles. The third-order valence-corrected chi connectivity index (χ3v) is 16.1. The Balaban J connectivity index is 0.827. The van der Waals surface area contributed by atoms with Crippen molar-refractivity contribution in [3.8, 4) is 0 Å². The maximum Gasteiger partial charge on any atom is 0.0768 e. The van der Waals surface area contributed by atoms with E-state index in [1.54, 1.807) is 6.42 Å². The molecular weight excluding hydrogens is 601 g/mol. The van der Waals surface area contributed by atoms with Crippen LogP contribution in [0.15, 0.2) is 0 Å². The molecule has 9 atom stereocenters. The lowest BCUT2D eigenvalue weighted by molar-refractivity contribution is -0.0965. The normalized spacial score (nSPS) is 38.6. The zero-order chi connectivity index (χ0) is 33.7. The summed E-state index contributed by atoms with van der Waals surface area (Å²) in [5, 5.41) is 0. The number of fused-ring (bicyclic) bond motifs is 5. The molecule has 4 bridgehead atoms. The van der Waals surface area contributed by atoms with Gasteiger partial charge < -0.3 is 24.3 Å². The molecule has 7 rings (SSSR count). The highest BCUT2D eigenvalue weighted by Crippen LogP contribution is 2.83. The van der Waals surface area contributed by atoms with Crippen molar-refractivity contribution < 1.29 is 4.74 Å². The van der Waals surface area contributed by atoms with Crippen LogP contribution in [0.3, 0.4) is 0 Å². The molecule has 49 heavy (non-hydrogen) atoms. The summed E-state index contributed by atoms with van der Waals surface area (Å²) in [6, 6.07) is 0. The molecule has 0 spiro atoms. The molecule has 3 aliphatic carbocycles. The van der Waals surface area contributed by atoms with Crippen molar-refractivity contribution in [1.29, 1.82) is 0 Å². The number of unbranched alkanes of at least 4 members (excludes halogenated alkanes) is 14. The van der Waals surface area contributed by atoms with Gasteiger partial charge >= 0.3 is 0 Å². The predicted octanol–water partition coefficient (Wildman–Crippen LogP) is 8.96. The molecule has 4 saturated heterocycles. The molecule has 9 unspecified atom stereocenters. The number of rotatable bonds is 24. The topological polar surface area (TPSA) is 22.2 Å². The summed E-state index contributed by atoms with van der Waals surface area (Å²) in [7, 11) is 0. The minimum Gasteiger partial charge on any atom is -0.368 e. The number of hydrogen-bond acceptors (Lipinski definition) is 5. The van der Waals surface area contributed by atoms with E-state index in [4.69, 9.17) is 4.74 Å². The predicted molar refractivity (Wildman–Crippen MR) is 206 cm³/mol. The molecule has 282 valence electrons. The molecule has 0 radical (unpaired) electrons. The van der Waals surface area contributed by atoms with Gasteiger partial charge in [-0.2, -0.15) is 0 Å². The molecule has 4 heterocycles. The molecule has 0 aromatic rings. The first-order valence-corrected chi connectivity index (χ1v) is 22.7. The highest BCUT2D eigenvalue weighted by molar-refractivity contribution is 5.32. The summed E-state index contributed by atoms with van der Waals surface area (Å²) in [6.45, 7) is 22.9. The third-order valence-electron chi connectivity index (χ3n) is 16.1. The maximum absolute atomic E-state index is 7.68. The summed E-state index contributed by atoms with van der Waals surface area (Å²) < 4.78 is 7.68. The van der Waals surface area contributed by atoms with Crippen LogP contribution >= 0.6 is 0 Å². The zero-order valence-electron chi connectivity index (χ0n) is 32.9. The van der Waals surface area contributed by atoms with E-state index in [1.807, 2.05) is 0 Å². The summed E-state index contributed by atoms with van der Waals surface area (Å²) in [6.07, 6.45) is 28.5. The number of ether oxygens (including phenoxy) is 1. The lowest BCUT2D eigenvalue weighted by Gasteiger charge is -2.40. The van der Waals surface area contributed by atoms with Gasteiger partial charge in [-0.3, -0.25) is 0 Å². The monoisotopic (exact) mass is 681 g/mol. The second-order valence-electron chi connectivity index (χ2n) is 18.8. The fourth-order valence-electron chi connectivity index (χ4n) is 13.6. The fourth-order valence-corrected chi connectivity index (χ4v) is 13.6. The number of hydrogen-bond donors (Lipinski definition) is 0. The first kappa shape index (κ1) is 37.1. The number of nitrogens with zero attached hydrogens (tertiary/aromatic N) is 4. The summed E-state index contributed by atoms with van der Waals surface area (Å²) >= 11 is 0. The molecule has 0 N–H and O–H groups in total. The maximum atomic E-state index is 7.68. The van der Waals surface area contributed by atoms with Gasteiger partial charge in [0.05, 0.1) is 11.2 Å². The van der Waals surface area contributed by atoms with Crippen molar-refractivity contribution >= 4 is 0 Å². The average molecular weight is 681 g/mol. The third kappa shape index (κ3) is 7.88. The average Bonchev–Trinajstić information content (AvgIpc) is 3.85. The Morgan fingerprint density at radius 1 is 0.510 bits per heavy atom. The summed E-state index contributed by atoms with van der Waals surface area (Å²) in [5.41, 5.74) is 0.458. The Morgan fingerprint density at radius 3 is 1.47 bits per heavy atom. The standard InChI is InChI=1S/C44H80N4O/c1-4-6-8-10-12-14-16-18-22-45-26-30-47(31-27-45)24-20-43-35-39-40-36(3)37-34-38(40)42(41(37)43)44(39,49-43)21-25-48-32-28-46(29-33-48)23-19-17-15-13-11-9-7-5-2/h36-42H,4-35H2,1-3H3. The van der Waals surface area contributed by atoms with Gasteiger partial charge in [0.25, 0.3) is 0 Å². The van der Waals surface area contributed by atoms with Crippen molar-refractivity contribution in [3.63, 3.8) is 0 Å². The van der Waals surface area contributed by atoms with Gasteiger partial charge in [-0.15, -0.1) is 0 Å². The van der Waals surface area contributed by atoms with Gasteiger partial charge in [-0.05, 0) is 93.0 Å². The van der Waals surface area contributed by atoms with E-state index in [0.29, 0.717) is 0 Å². The zero-order valence-corrected chi connectivity index (χ0v) is 32.9. The fraction of sp³-hybridized carbons (Fsp3) is 1.00. The lowest BCUT2D eigenvalue weighted by Crippen LogP contribution is -2.49. The van der Waals surface area contributed by atoms with E-state index in [9.17, 15) is 0 Å². The van der Waals surface area contributed by atoms with Crippen LogP contribution in [-0.2, 0) is 4.74 Å². The molecule has 5 nitrogen and oxygen atoms in total. The van der Waals surface area contributed by atoms with Gasteiger partial charge in [0.15, 0.2) is 0 Å². The Morgan fingerprint density at radius 2 is 0.959 bits per heavy atom. The lowest BCUT2D eigenvalue weighted by atomic mass is 9.63. The van der Waals surface area contributed by atoms with Crippen molar-refractivity contribution in [2.45, 2.75) is 160 Å². The molecule has 0 amide bonds. The second kappa shape index (κ2) is 17.3. The van der Waals surface area contributed by atoms with Gasteiger partial charge in [0, 0.05) is 65.4 Å². The summed E-state index contributed by atoms with van der Waals surface area (Å²) in [4.78, 5) is 11.2. The Hall–Kier alpha value is -0.200. The highest BCUT2D eigenvalue weighted by Gasteiger charge is 2.85.